The predicted octanol–water partition coefficient (Wildman–Crippen LogP) is 2.64. The van der Waals surface area contributed by atoms with E-state index in [1.807, 2.05) is 57.1 Å². The van der Waals surface area contributed by atoms with Crippen LogP contribution >= 0.6 is 0 Å². The van der Waals surface area contributed by atoms with Gasteiger partial charge < -0.3 is 20.3 Å². The molecule has 0 aliphatic carbocycles. The third kappa shape index (κ3) is 6.04. The largest absolute Gasteiger partial charge is 0.488 e. The Balaban J connectivity index is 2.00. The number of nitrogens with zero attached hydrogens (tertiary/aromatic N) is 2. The second-order valence-corrected chi connectivity index (χ2v) is 10.00. The van der Waals surface area contributed by atoms with Gasteiger partial charge in [-0.2, -0.15) is 0 Å². The normalized spacial score (nSPS) is 26.1. The Labute approximate surface area is 209 Å². The predicted molar refractivity (Wildman–Crippen MR) is 136 cm³/mol. The van der Waals surface area contributed by atoms with Gasteiger partial charge in [-0.3, -0.25) is 19.3 Å². The molecule has 8 heteroatoms. The summed E-state index contributed by atoms with van der Waals surface area (Å²) in [6.45, 7) is 8.45. The topological polar surface area (TPSA) is 91.0 Å². The fourth-order valence-electron chi connectivity index (χ4n) is 4.89. The van der Waals surface area contributed by atoms with Crippen LogP contribution in [0.2, 0.25) is 0 Å². The van der Waals surface area contributed by atoms with Gasteiger partial charge in [0.2, 0.25) is 17.7 Å². The molecule has 3 aliphatic rings. The van der Waals surface area contributed by atoms with Gasteiger partial charge in [0.15, 0.2) is 0 Å². The molecule has 2 bridgehead atoms. The minimum Gasteiger partial charge on any atom is -0.488 e. The molecule has 1 aromatic rings. The van der Waals surface area contributed by atoms with Crippen LogP contribution in [-0.2, 0) is 14.4 Å². The molecule has 8 nitrogen and oxygen atoms in total. The maximum absolute atomic E-state index is 13.8. The maximum atomic E-state index is 13.8. The van der Waals surface area contributed by atoms with Crippen molar-refractivity contribution in [2.75, 3.05) is 20.6 Å². The Hall–Kier alpha value is -2.87. The summed E-state index contributed by atoms with van der Waals surface area (Å²) >= 11 is 0. The van der Waals surface area contributed by atoms with Crippen LogP contribution < -0.4 is 15.4 Å². The van der Waals surface area contributed by atoms with Crippen molar-refractivity contribution in [1.29, 1.82) is 0 Å². The number of likely N-dealkylation sites (tertiary alicyclic amines) is 1. The molecule has 0 saturated carbocycles. The summed E-state index contributed by atoms with van der Waals surface area (Å²) < 4.78 is 6.27. The summed E-state index contributed by atoms with van der Waals surface area (Å²) in [6.07, 6.45) is 4.98. The highest BCUT2D eigenvalue weighted by Gasteiger charge is 2.47. The number of rotatable bonds is 6. The summed E-state index contributed by atoms with van der Waals surface area (Å²) in [6, 6.07) is 5.58. The monoisotopic (exact) mass is 484 g/mol. The molecule has 0 unspecified atom stereocenters. The van der Waals surface area contributed by atoms with E-state index in [-0.39, 0.29) is 35.6 Å². The van der Waals surface area contributed by atoms with E-state index in [0.29, 0.717) is 25.1 Å². The van der Waals surface area contributed by atoms with Crippen LogP contribution in [0.3, 0.4) is 0 Å². The average Bonchev–Trinajstić information content (AvgIpc) is 3.25. The third-order valence-electron chi connectivity index (χ3n) is 7.35. The molecule has 35 heavy (non-hydrogen) atoms. The average molecular weight is 485 g/mol. The fourth-order valence-corrected chi connectivity index (χ4v) is 4.89. The number of amides is 3. The molecule has 1 saturated heterocycles. The van der Waals surface area contributed by atoms with Crippen LogP contribution in [-0.4, -0.2) is 72.4 Å². The molecule has 192 valence electrons. The lowest BCUT2D eigenvalue weighted by Crippen LogP contribution is -2.60. The minimum atomic E-state index is -0.827. The van der Waals surface area contributed by atoms with E-state index in [0.717, 1.165) is 12.0 Å². The zero-order chi connectivity index (χ0) is 25.7. The summed E-state index contributed by atoms with van der Waals surface area (Å²) in [5.41, 5.74) is 0.918. The second kappa shape index (κ2) is 11.7. The Morgan fingerprint density at radius 2 is 1.80 bits per heavy atom. The first kappa shape index (κ1) is 26.7. The molecule has 2 N–H and O–H groups in total. The Bertz CT molecular complexity index is 930. The van der Waals surface area contributed by atoms with Gasteiger partial charge in [0, 0.05) is 19.2 Å². The molecule has 0 radical (unpaired) electrons. The lowest BCUT2D eigenvalue weighted by molar-refractivity contribution is -0.145. The summed E-state index contributed by atoms with van der Waals surface area (Å²) in [7, 11) is 3.79. The quantitative estimate of drug-likeness (QED) is 0.648. The highest BCUT2D eigenvalue weighted by atomic mass is 16.5. The van der Waals surface area contributed by atoms with Gasteiger partial charge in [0.05, 0.1) is 6.04 Å². The third-order valence-corrected chi connectivity index (χ3v) is 7.35. The molecule has 0 spiro atoms. The number of hydrogen-bond donors (Lipinski definition) is 2. The Morgan fingerprint density at radius 1 is 1.11 bits per heavy atom. The van der Waals surface area contributed by atoms with Crippen molar-refractivity contribution in [3.63, 3.8) is 0 Å². The van der Waals surface area contributed by atoms with Crippen molar-refractivity contribution < 1.29 is 19.1 Å². The lowest BCUT2D eigenvalue weighted by Gasteiger charge is -2.36. The number of carbonyl (C=O) groups is 3. The number of likely N-dealkylation sites (N-methyl/N-ethyl adjacent to an activating group) is 1. The van der Waals surface area contributed by atoms with Crippen molar-refractivity contribution in [3.8, 4) is 5.75 Å². The number of fused-ring (bicyclic) bond motifs is 7. The van der Waals surface area contributed by atoms with Crippen molar-refractivity contribution >= 4 is 23.8 Å². The zero-order valence-electron chi connectivity index (χ0n) is 21.8. The van der Waals surface area contributed by atoms with E-state index in [4.69, 9.17) is 4.74 Å². The summed E-state index contributed by atoms with van der Waals surface area (Å²) in [4.78, 5) is 44.1. The molecular weight excluding hydrogens is 444 g/mol. The van der Waals surface area contributed by atoms with E-state index in [1.54, 1.807) is 17.2 Å². The van der Waals surface area contributed by atoms with E-state index in [9.17, 15) is 14.4 Å². The molecule has 6 atom stereocenters. The zero-order valence-corrected chi connectivity index (χ0v) is 21.8. The van der Waals surface area contributed by atoms with Gasteiger partial charge in [0.25, 0.3) is 0 Å². The van der Waals surface area contributed by atoms with Gasteiger partial charge in [-0.1, -0.05) is 52.7 Å². The van der Waals surface area contributed by atoms with Crippen LogP contribution in [0.25, 0.3) is 6.08 Å². The molecule has 0 aromatic heterocycles. The van der Waals surface area contributed by atoms with Crippen LogP contribution in [0.1, 0.15) is 52.5 Å². The molecule has 4 rings (SSSR count). The minimum absolute atomic E-state index is 0.0838. The number of ether oxygens (including phenoxy) is 1. The van der Waals surface area contributed by atoms with Crippen molar-refractivity contribution in [1.82, 2.24) is 20.4 Å². The van der Waals surface area contributed by atoms with Crippen LogP contribution in [0.5, 0.6) is 5.75 Å². The van der Waals surface area contributed by atoms with Crippen molar-refractivity contribution in [2.24, 2.45) is 11.8 Å². The van der Waals surface area contributed by atoms with E-state index in [1.165, 1.54) is 0 Å². The molecule has 3 amide bonds. The van der Waals surface area contributed by atoms with Gasteiger partial charge in [-0.05, 0) is 49.7 Å². The van der Waals surface area contributed by atoms with Gasteiger partial charge in [0.1, 0.15) is 23.9 Å². The number of benzene rings is 1. The van der Waals surface area contributed by atoms with Crippen LogP contribution in [0.15, 0.2) is 30.5 Å². The van der Waals surface area contributed by atoms with Crippen LogP contribution in [0, 0.1) is 11.8 Å². The van der Waals surface area contributed by atoms with Gasteiger partial charge >= 0.3 is 0 Å². The van der Waals surface area contributed by atoms with Crippen molar-refractivity contribution in [2.45, 2.75) is 71.2 Å². The molecule has 3 heterocycles. The van der Waals surface area contributed by atoms with Crippen LogP contribution in [0.4, 0.5) is 0 Å². The molecule has 1 aromatic carbocycles. The van der Waals surface area contributed by atoms with Crippen molar-refractivity contribution in [3.05, 3.63) is 36.0 Å². The maximum Gasteiger partial charge on any atom is 0.247 e. The molecular formula is C27H40N4O4. The number of hydrogen-bond acceptors (Lipinski definition) is 5. The standard InChI is InChI=1S/C27H40N4O4/c1-7-17(3)22-25(32)28-15-13-19-9-11-20(12-10-19)35-21-14-16-31(24(21)26(33)29-22)27(34)23(30(5)6)18(4)8-2/h9-13,15,17-18,21-24H,7-8,14,16H2,1-6H3,(H,28,32)(H,29,33)/b15-13-/t17-,18-,21-,22-,23-,24-/m0/s1. The lowest BCUT2D eigenvalue weighted by atomic mass is 9.96. The van der Waals surface area contributed by atoms with Gasteiger partial charge in [-0.25, -0.2) is 0 Å². The second-order valence-electron chi connectivity index (χ2n) is 10.00. The SMILES string of the molecule is CC[C@H](C)[C@@H]1NC(=O)[C@@H]2[C@H](CCN2C(=O)[C@H]([C@@H](C)CC)N(C)C)Oc2ccc(cc2)/C=C\NC1=O. The Morgan fingerprint density at radius 3 is 2.40 bits per heavy atom. The summed E-state index contributed by atoms with van der Waals surface area (Å²) in [5, 5.41) is 5.76. The highest BCUT2D eigenvalue weighted by Crippen LogP contribution is 2.28. The first-order valence-electron chi connectivity index (χ1n) is 12.7. The highest BCUT2D eigenvalue weighted by molar-refractivity contribution is 5.94. The number of carbonyl (C=O) groups excluding carboxylic acids is 3. The smallest absolute Gasteiger partial charge is 0.247 e. The fraction of sp³-hybridized carbons (Fsp3) is 0.593. The summed E-state index contributed by atoms with van der Waals surface area (Å²) in [5.74, 6) is -0.0445. The first-order valence-corrected chi connectivity index (χ1v) is 12.7. The molecule has 1 fully saturated rings. The van der Waals surface area contributed by atoms with E-state index >= 15 is 0 Å². The molecule has 3 aliphatic heterocycles. The first-order chi connectivity index (χ1) is 16.7. The van der Waals surface area contributed by atoms with E-state index < -0.39 is 18.2 Å². The van der Waals surface area contributed by atoms with Gasteiger partial charge in [-0.15, -0.1) is 0 Å². The van der Waals surface area contributed by atoms with E-state index in [2.05, 4.69) is 24.5 Å². The Kier molecular flexibility index (Phi) is 8.94. The number of nitrogens with one attached hydrogen (secondary N) is 2.